The number of carbonyl (C=O) groups excluding carboxylic acids is 1. The highest BCUT2D eigenvalue weighted by Gasteiger charge is 2.15. The van der Waals surface area contributed by atoms with Gasteiger partial charge in [-0.1, -0.05) is 11.6 Å². The van der Waals surface area contributed by atoms with Gasteiger partial charge in [-0.25, -0.2) is 14.8 Å². The van der Waals surface area contributed by atoms with Gasteiger partial charge in [0.05, 0.1) is 17.4 Å². The lowest BCUT2D eigenvalue weighted by atomic mass is 10.2. The normalized spacial score (nSPS) is 10.9. The molecule has 0 fully saturated rings. The quantitative estimate of drug-likeness (QED) is 0.813. The molecule has 0 atom stereocenters. The second-order valence-electron chi connectivity index (χ2n) is 4.93. The zero-order valence-electron chi connectivity index (χ0n) is 11.4. The number of nitrogens with one attached hydrogen (secondary N) is 2. The van der Waals surface area contributed by atoms with E-state index in [1.54, 1.807) is 0 Å². The number of rotatable bonds is 5. The summed E-state index contributed by atoms with van der Waals surface area (Å²) >= 11 is 5.67. The van der Waals surface area contributed by atoms with Gasteiger partial charge in [0, 0.05) is 13.1 Å². The van der Waals surface area contributed by atoms with Crippen molar-refractivity contribution in [3.63, 3.8) is 0 Å². The van der Waals surface area contributed by atoms with Gasteiger partial charge in [0.15, 0.2) is 0 Å². The number of nitrogens with zero attached hydrogens (tertiary/aromatic N) is 2. The van der Waals surface area contributed by atoms with E-state index >= 15 is 0 Å². The lowest BCUT2D eigenvalue weighted by Gasteiger charge is -2.19. The molecule has 1 aromatic heterocycles. The van der Waals surface area contributed by atoms with Gasteiger partial charge in [0.1, 0.15) is 5.60 Å². The van der Waals surface area contributed by atoms with E-state index in [0.717, 1.165) is 6.42 Å². The Hall–Kier alpha value is -1.56. The van der Waals surface area contributed by atoms with Crippen LogP contribution in [0.15, 0.2) is 12.4 Å². The first-order valence-corrected chi connectivity index (χ1v) is 6.43. The predicted octanol–water partition coefficient (Wildman–Crippen LogP) is 2.46. The van der Waals surface area contributed by atoms with Crippen molar-refractivity contribution in [2.45, 2.75) is 32.8 Å². The maximum Gasteiger partial charge on any atom is 0.407 e. The Morgan fingerprint density at radius 3 is 2.53 bits per heavy atom. The highest BCUT2D eigenvalue weighted by Crippen LogP contribution is 2.06. The molecule has 0 aliphatic rings. The summed E-state index contributed by atoms with van der Waals surface area (Å²) in [6.45, 7) is 6.65. The molecule has 7 heteroatoms. The van der Waals surface area contributed by atoms with Gasteiger partial charge >= 0.3 is 6.09 Å². The summed E-state index contributed by atoms with van der Waals surface area (Å²) in [5.41, 5.74) is -0.473. The fraction of sp³-hybridized carbons (Fsp3) is 0.583. The van der Waals surface area contributed by atoms with Crippen LogP contribution < -0.4 is 10.6 Å². The van der Waals surface area contributed by atoms with Gasteiger partial charge in [0.25, 0.3) is 0 Å². The molecule has 1 amide bonds. The summed E-state index contributed by atoms with van der Waals surface area (Å²) in [6, 6.07) is 0. The molecule has 0 bridgehead atoms. The van der Waals surface area contributed by atoms with Crippen LogP contribution in [-0.2, 0) is 4.74 Å². The molecule has 0 aromatic carbocycles. The minimum absolute atomic E-state index is 0.407. The van der Waals surface area contributed by atoms with E-state index in [9.17, 15) is 4.79 Å². The molecule has 1 aromatic rings. The van der Waals surface area contributed by atoms with Crippen molar-refractivity contribution in [2.24, 2.45) is 0 Å². The third-order valence-electron chi connectivity index (χ3n) is 1.93. The maximum atomic E-state index is 11.3. The molecule has 1 rings (SSSR count). The fourth-order valence-corrected chi connectivity index (χ4v) is 1.29. The molecule has 0 aliphatic heterocycles. The second-order valence-corrected chi connectivity index (χ2v) is 5.37. The molecule has 6 nitrogen and oxygen atoms in total. The Morgan fingerprint density at radius 2 is 1.95 bits per heavy atom. The van der Waals surface area contributed by atoms with Crippen LogP contribution in [0.2, 0.25) is 5.02 Å². The number of ether oxygens (including phenoxy) is 1. The lowest BCUT2D eigenvalue weighted by molar-refractivity contribution is 0.0528. The zero-order valence-corrected chi connectivity index (χ0v) is 12.1. The van der Waals surface area contributed by atoms with Crippen molar-refractivity contribution in [1.29, 1.82) is 0 Å². The van der Waals surface area contributed by atoms with Crippen molar-refractivity contribution in [1.82, 2.24) is 15.3 Å². The summed E-state index contributed by atoms with van der Waals surface area (Å²) in [7, 11) is 0. The van der Waals surface area contributed by atoms with E-state index in [1.165, 1.54) is 12.4 Å². The first kappa shape index (κ1) is 15.5. The van der Waals surface area contributed by atoms with E-state index in [4.69, 9.17) is 16.3 Å². The third kappa shape index (κ3) is 7.46. The molecule has 0 radical (unpaired) electrons. The first-order chi connectivity index (χ1) is 8.87. The van der Waals surface area contributed by atoms with Crippen LogP contribution in [-0.4, -0.2) is 34.8 Å². The number of halogens is 1. The number of hydrogen-bond acceptors (Lipinski definition) is 5. The highest BCUT2D eigenvalue weighted by molar-refractivity contribution is 6.30. The molecule has 0 saturated carbocycles. The standard InChI is InChI=1S/C12H19ClN4O2/c1-12(2,3)19-11(18)15-6-4-5-14-10-16-7-9(13)8-17-10/h7-8H,4-6H2,1-3H3,(H,15,18)(H,14,16,17). The van der Waals surface area contributed by atoms with Crippen LogP contribution in [0.5, 0.6) is 0 Å². The SMILES string of the molecule is CC(C)(C)OC(=O)NCCCNc1ncc(Cl)cn1. The zero-order chi connectivity index (χ0) is 14.3. The Bertz CT molecular complexity index is 403. The number of amides is 1. The Balaban J connectivity index is 2.11. The molecular formula is C12H19ClN4O2. The topological polar surface area (TPSA) is 76.1 Å². The van der Waals surface area contributed by atoms with Gasteiger partial charge in [-0.2, -0.15) is 0 Å². The smallest absolute Gasteiger partial charge is 0.407 e. The highest BCUT2D eigenvalue weighted by atomic mass is 35.5. The summed E-state index contributed by atoms with van der Waals surface area (Å²) in [4.78, 5) is 19.3. The van der Waals surface area contributed by atoms with Crippen molar-refractivity contribution in [2.75, 3.05) is 18.4 Å². The summed E-state index contributed by atoms with van der Waals surface area (Å²) in [6.07, 6.45) is 3.38. The predicted molar refractivity (Wildman–Crippen MR) is 74.4 cm³/mol. The van der Waals surface area contributed by atoms with Crippen LogP contribution in [0.3, 0.4) is 0 Å². The van der Waals surface area contributed by atoms with Gasteiger partial charge in [-0.15, -0.1) is 0 Å². The third-order valence-corrected chi connectivity index (χ3v) is 2.12. The van der Waals surface area contributed by atoms with Crippen LogP contribution in [0.4, 0.5) is 10.7 Å². The molecule has 2 N–H and O–H groups in total. The number of carbonyl (C=O) groups is 1. The van der Waals surface area contributed by atoms with E-state index in [1.807, 2.05) is 20.8 Å². The second kappa shape index (κ2) is 7.13. The molecule has 0 saturated heterocycles. The summed E-state index contributed by atoms with van der Waals surface area (Å²) < 4.78 is 5.11. The number of hydrogen-bond donors (Lipinski definition) is 2. The summed E-state index contributed by atoms with van der Waals surface area (Å²) in [5, 5.41) is 6.19. The van der Waals surface area contributed by atoms with Gasteiger partial charge in [0.2, 0.25) is 5.95 Å². The average Bonchev–Trinajstić information content (AvgIpc) is 2.29. The Morgan fingerprint density at radius 1 is 1.32 bits per heavy atom. The van der Waals surface area contributed by atoms with Crippen LogP contribution in [0, 0.1) is 0 Å². The largest absolute Gasteiger partial charge is 0.444 e. The van der Waals surface area contributed by atoms with Crippen molar-refractivity contribution in [3.05, 3.63) is 17.4 Å². The molecule has 106 valence electrons. The Kier molecular flexibility index (Phi) is 5.82. The average molecular weight is 287 g/mol. The molecule has 1 heterocycles. The van der Waals surface area contributed by atoms with Crippen LogP contribution in [0.25, 0.3) is 0 Å². The van der Waals surface area contributed by atoms with E-state index in [2.05, 4.69) is 20.6 Å². The lowest BCUT2D eigenvalue weighted by Crippen LogP contribution is -2.33. The maximum absolute atomic E-state index is 11.3. The van der Waals surface area contributed by atoms with Gasteiger partial charge in [-0.05, 0) is 27.2 Å². The minimum Gasteiger partial charge on any atom is -0.444 e. The number of aromatic nitrogens is 2. The molecule has 0 spiro atoms. The summed E-state index contributed by atoms with van der Waals surface area (Å²) in [5.74, 6) is 0.515. The molecule has 0 unspecified atom stereocenters. The van der Waals surface area contributed by atoms with E-state index in [-0.39, 0.29) is 0 Å². The van der Waals surface area contributed by atoms with E-state index in [0.29, 0.717) is 24.1 Å². The fourth-order valence-electron chi connectivity index (χ4n) is 1.20. The molecule has 0 aliphatic carbocycles. The van der Waals surface area contributed by atoms with Gasteiger partial charge in [-0.3, -0.25) is 0 Å². The number of alkyl carbamates (subject to hydrolysis) is 1. The van der Waals surface area contributed by atoms with E-state index < -0.39 is 11.7 Å². The van der Waals surface area contributed by atoms with Crippen molar-refractivity contribution in [3.8, 4) is 0 Å². The minimum atomic E-state index is -0.473. The molecule has 19 heavy (non-hydrogen) atoms. The molecular weight excluding hydrogens is 268 g/mol. The number of anilines is 1. The van der Waals surface area contributed by atoms with Crippen LogP contribution in [0.1, 0.15) is 27.2 Å². The van der Waals surface area contributed by atoms with Gasteiger partial charge < -0.3 is 15.4 Å². The van der Waals surface area contributed by atoms with Crippen molar-refractivity contribution >= 4 is 23.6 Å². The Labute approximate surface area is 117 Å². The van der Waals surface area contributed by atoms with Crippen LogP contribution >= 0.6 is 11.6 Å². The monoisotopic (exact) mass is 286 g/mol. The first-order valence-electron chi connectivity index (χ1n) is 6.05. The van der Waals surface area contributed by atoms with Crippen molar-refractivity contribution < 1.29 is 9.53 Å².